The van der Waals surface area contributed by atoms with Crippen molar-refractivity contribution < 1.29 is 19.0 Å². The molecule has 138 valence electrons. The Morgan fingerprint density at radius 3 is 2.52 bits per heavy atom. The number of allylic oxidation sites excluding steroid dienone is 1. The summed E-state index contributed by atoms with van der Waals surface area (Å²) in [6.45, 7) is 7.12. The van der Waals surface area contributed by atoms with Gasteiger partial charge in [-0.15, -0.1) is 0 Å². The molecule has 1 saturated carbocycles. The maximum atomic E-state index is 6.32. The van der Waals surface area contributed by atoms with E-state index in [9.17, 15) is 0 Å². The Bertz CT molecular complexity index is 574. The Hall–Kier alpha value is -2.01. The number of rotatable bonds is 9. The maximum absolute atomic E-state index is 6.32. The lowest BCUT2D eigenvalue weighted by molar-refractivity contribution is 0.00983. The molecule has 1 fully saturated rings. The van der Waals surface area contributed by atoms with Crippen LogP contribution in [0.3, 0.4) is 0 Å². The number of nitrogens with zero attached hydrogens (tertiary/aromatic N) is 1. The molecular formula is C20H29NO4. The summed E-state index contributed by atoms with van der Waals surface area (Å²) < 4.78 is 17.9. The number of hydrogen-bond acceptors (Lipinski definition) is 5. The molecule has 0 bridgehead atoms. The molecule has 0 aliphatic heterocycles. The first-order valence-corrected chi connectivity index (χ1v) is 8.84. The van der Waals surface area contributed by atoms with Gasteiger partial charge in [0.2, 0.25) is 0 Å². The predicted molar refractivity (Wildman–Crippen MR) is 99.7 cm³/mol. The third-order valence-electron chi connectivity index (χ3n) is 4.24. The van der Waals surface area contributed by atoms with Gasteiger partial charge in [-0.25, -0.2) is 0 Å². The number of hydrogen-bond donors (Lipinski definition) is 0. The highest BCUT2D eigenvalue weighted by Gasteiger charge is 2.30. The third-order valence-corrected chi connectivity index (χ3v) is 4.24. The van der Waals surface area contributed by atoms with Crippen molar-refractivity contribution in [2.24, 2.45) is 5.16 Å². The highest BCUT2D eigenvalue weighted by atomic mass is 16.6. The van der Waals surface area contributed by atoms with Gasteiger partial charge in [0.05, 0.1) is 18.9 Å². The Kier molecular flexibility index (Phi) is 7.79. The van der Waals surface area contributed by atoms with Gasteiger partial charge in [0.1, 0.15) is 31.3 Å². The molecule has 2 unspecified atom stereocenters. The molecule has 1 aromatic carbocycles. The minimum Gasteiger partial charge on any atom is -0.490 e. The quantitative estimate of drug-likeness (QED) is 0.381. The number of benzene rings is 1. The van der Waals surface area contributed by atoms with E-state index in [0.717, 1.165) is 41.9 Å². The van der Waals surface area contributed by atoms with Gasteiger partial charge in [-0.3, -0.25) is 0 Å². The van der Waals surface area contributed by atoms with Gasteiger partial charge in [0, 0.05) is 0 Å². The summed E-state index contributed by atoms with van der Waals surface area (Å²) in [4.78, 5) is 4.65. The molecule has 2 rings (SSSR count). The number of aryl methyl sites for hydroxylation is 2. The van der Waals surface area contributed by atoms with Crippen molar-refractivity contribution in [1.29, 1.82) is 0 Å². The highest BCUT2D eigenvalue weighted by Crippen LogP contribution is 2.33. The second kappa shape index (κ2) is 10.1. The van der Waals surface area contributed by atoms with E-state index in [0.29, 0.717) is 13.2 Å². The van der Waals surface area contributed by atoms with E-state index in [1.807, 2.05) is 31.2 Å². The fourth-order valence-corrected chi connectivity index (χ4v) is 3.06. The molecule has 1 aromatic rings. The summed E-state index contributed by atoms with van der Waals surface area (Å²) in [6, 6.07) is 4.06. The van der Waals surface area contributed by atoms with Crippen LogP contribution < -0.4 is 9.47 Å². The maximum Gasteiger partial charge on any atom is 0.125 e. The molecule has 25 heavy (non-hydrogen) atoms. The van der Waals surface area contributed by atoms with Crippen LogP contribution in [0, 0.1) is 13.8 Å². The summed E-state index contributed by atoms with van der Waals surface area (Å²) in [5, 5.41) is 3.70. The van der Waals surface area contributed by atoms with Crippen LogP contribution in [-0.2, 0) is 9.57 Å². The third kappa shape index (κ3) is 5.78. The summed E-state index contributed by atoms with van der Waals surface area (Å²) in [5.74, 6) is 1.81. The SMILES string of the molecule is C/C=C/COc1cc(C)c(OC2CCCC2OC/C=N\OC)c(C)c1. The topological polar surface area (TPSA) is 49.3 Å². The molecule has 0 saturated heterocycles. The van der Waals surface area contributed by atoms with Gasteiger partial charge in [0.25, 0.3) is 0 Å². The van der Waals surface area contributed by atoms with Crippen molar-refractivity contribution >= 4 is 6.21 Å². The first-order chi connectivity index (χ1) is 12.2. The Labute approximate surface area is 150 Å². The molecule has 0 radical (unpaired) electrons. The summed E-state index contributed by atoms with van der Waals surface area (Å²) in [6.07, 6.45) is 8.88. The zero-order valence-corrected chi connectivity index (χ0v) is 15.7. The monoisotopic (exact) mass is 347 g/mol. The second-order valence-corrected chi connectivity index (χ2v) is 6.20. The molecule has 0 spiro atoms. The van der Waals surface area contributed by atoms with Crippen LogP contribution in [0.1, 0.15) is 37.3 Å². The number of oxime groups is 1. The van der Waals surface area contributed by atoms with Gasteiger partial charge in [-0.2, -0.15) is 0 Å². The summed E-state index contributed by atoms with van der Waals surface area (Å²) in [5.41, 5.74) is 2.17. The van der Waals surface area contributed by atoms with Crippen molar-refractivity contribution in [3.05, 3.63) is 35.4 Å². The smallest absolute Gasteiger partial charge is 0.125 e. The zero-order chi connectivity index (χ0) is 18.1. The first-order valence-electron chi connectivity index (χ1n) is 8.84. The summed E-state index contributed by atoms with van der Waals surface area (Å²) in [7, 11) is 1.52. The largest absolute Gasteiger partial charge is 0.490 e. The fraction of sp³-hybridized carbons (Fsp3) is 0.550. The second-order valence-electron chi connectivity index (χ2n) is 6.20. The van der Waals surface area contributed by atoms with Gasteiger partial charge >= 0.3 is 0 Å². The molecule has 0 aromatic heterocycles. The van der Waals surface area contributed by atoms with Crippen LogP contribution in [0.4, 0.5) is 0 Å². The van der Waals surface area contributed by atoms with Crippen LogP contribution in [0.25, 0.3) is 0 Å². The van der Waals surface area contributed by atoms with E-state index in [1.165, 1.54) is 7.11 Å². The molecule has 2 atom stereocenters. The van der Waals surface area contributed by atoms with Crippen molar-refractivity contribution in [2.45, 2.75) is 52.2 Å². The standard InChI is InChI=1S/C20H29NO4/c1-5-6-11-23-17-13-15(2)20(16(3)14-17)25-19-9-7-8-18(19)24-12-10-21-22-4/h5-6,10,13-14,18-19H,7-9,11-12H2,1-4H3/b6-5+,21-10-. The van der Waals surface area contributed by atoms with Crippen molar-refractivity contribution in [2.75, 3.05) is 20.3 Å². The van der Waals surface area contributed by atoms with Gasteiger partial charge in [0.15, 0.2) is 0 Å². The zero-order valence-electron chi connectivity index (χ0n) is 15.7. The molecule has 1 aliphatic carbocycles. The minimum absolute atomic E-state index is 0.0723. The van der Waals surface area contributed by atoms with Crippen molar-refractivity contribution in [1.82, 2.24) is 0 Å². The molecule has 5 heteroatoms. The van der Waals surface area contributed by atoms with E-state index in [4.69, 9.17) is 14.2 Å². The molecule has 0 heterocycles. The molecule has 0 N–H and O–H groups in total. The minimum atomic E-state index is 0.0723. The van der Waals surface area contributed by atoms with E-state index < -0.39 is 0 Å². The lowest BCUT2D eigenvalue weighted by atomic mass is 10.1. The highest BCUT2D eigenvalue weighted by molar-refractivity contribution is 5.57. The van der Waals surface area contributed by atoms with Gasteiger partial charge in [-0.05, 0) is 63.3 Å². The Morgan fingerprint density at radius 1 is 1.12 bits per heavy atom. The molecular weight excluding hydrogens is 318 g/mol. The normalized spacial score (nSPS) is 20.5. The van der Waals surface area contributed by atoms with E-state index >= 15 is 0 Å². The van der Waals surface area contributed by atoms with Crippen LogP contribution in [0.2, 0.25) is 0 Å². The molecule has 1 aliphatic rings. The average molecular weight is 347 g/mol. The summed E-state index contributed by atoms with van der Waals surface area (Å²) >= 11 is 0. The van der Waals surface area contributed by atoms with Gasteiger partial charge < -0.3 is 19.0 Å². The Morgan fingerprint density at radius 2 is 1.84 bits per heavy atom. The van der Waals surface area contributed by atoms with Gasteiger partial charge in [-0.1, -0.05) is 17.3 Å². The van der Waals surface area contributed by atoms with E-state index in [2.05, 4.69) is 23.8 Å². The lowest BCUT2D eigenvalue weighted by Crippen LogP contribution is -2.29. The van der Waals surface area contributed by atoms with Crippen LogP contribution >= 0.6 is 0 Å². The van der Waals surface area contributed by atoms with Crippen molar-refractivity contribution in [3.8, 4) is 11.5 Å². The molecule has 0 amide bonds. The average Bonchev–Trinajstić information content (AvgIpc) is 3.02. The van der Waals surface area contributed by atoms with Crippen LogP contribution in [-0.4, -0.2) is 38.7 Å². The Balaban J connectivity index is 1.99. The fourth-order valence-electron chi connectivity index (χ4n) is 3.06. The van der Waals surface area contributed by atoms with Crippen molar-refractivity contribution in [3.63, 3.8) is 0 Å². The molecule has 5 nitrogen and oxygen atoms in total. The lowest BCUT2D eigenvalue weighted by Gasteiger charge is -2.23. The van der Waals surface area contributed by atoms with Crippen LogP contribution in [0.15, 0.2) is 29.4 Å². The van der Waals surface area contributed by atoms with E-state index in [1.54, 1.807) is 6.21 Å². The predicted octanol–water partition coefficient (Wildman–Crippen LogP) is 4.21. The number of ether oxygens (including phenoxy) is 3. The van der Waals surface area contributed by atoms with Crippen LogP contribution in [0.5, 0.6) is 11.5 Å². The van der Waals surface area contributed by atoms with E-state index in [-0.39, 0.29) is 12.2 Å². The first kappa shape index (κ1) is 19.3.